The van der Waals surface area contributed by atoms with Crippen molar-refractivity contribution in [1.82, 2.24) is 5.32 Å². The van der Waals surface area contributed by atoms with Crippen molar-refractivity contribution in [1.29, 1.82) is 0 Å². The molecule has 5 nitrogen and oxygen atoms in total. The molecular formula is C12H16FNO4. The van der Waals surface area contributed by atoms with Gasteiger partial charge in [-0.05, 0) is 18.2 Å². The number of amides is 1. The van der Waals surface area contributed by atoms with E-state index < -0.39 is 17.8 Å². The van der Waals surface area contributed by atoms with Crippen molar-refractivity contribution in [3.8, 4) is 5.75 Å². The van der Waals surface area contributed by atoms with Crippen molar-refractivity contribution in [3.05, 3.63) is 29.6 Å². The summed E-state index contributed by atoms with van der Waals surface area (Å²) in [7, 11) is 2.79. The van der Waals surface area contributed by atoms with E-state index in [-0.39, 0.29) is 24.5 Å². The maximum atomic E-state index is 13.4. The molecule has 1 aromatic carbocycles. The monoisotopic (exact) mass is 257 g/mol. The minimum atomic E-state index is -0.790. The van der Waals surface area contributed by atoms with Gasteiger partial charge in [0.1, 0.15) is 0 Å². The van der Waals surface area contributed by atoms with Crippen LogP contribution in [0.25, 0.3) is 0 Å². The van der Waals surface area contributed by atoms with Crippen LogP contribution in [0.5, 0.6) is 5.75 Å². The highest BCUT2D eigenvalue weighted by molar-refractivity contribution is 5.94. The third kappa shape index (κ3) is 3.97. The SMILES string of the molecule is COCC(O)CNC(=O)c1ccc(OC)c(F)c1. The van der Waals surface area contributed by atoms with Gasteiger partial charge in [-0.25, -0.2) is 4.39 Å². The van der Waals surface area contributed by atoms with Gasteiger partial charge in [0.15, 0.2) is 11.6 Å². The fourth-order valence-electron chi connectivity index (χ4n) is 1.37. The maximum absolute atomic E-state index is 13.4. The summed E-state index contributed by atoms with van der Waals surface area (Å²) in [4.78, 5) is 11.6. The van der Waals surface area contributed by atoms with Gasteiger partial charge in [0.25, 0.3) is 5.91 Å². The van der Waals surface area contributed by atoms with Crippen LogP contribution in [0, 0.1) is 5.82 Å². The summed E-state index contributed by atoms with van der Waals surface area (Å²) in [5.41, 5.74) is 0.165. The number of ether oxygens (including phenoxy) is 2. The van der Waals surface area contributed by atoms with E-state index in [9.17, 15) is 14.3 Å². The van der Waals surface area contributed by atoms with Crippen molar-refractivity contribution in [2.24, 2.45) is 0 Å². The lowest BCUT2D eigenvalue weighted by atomic mass is 10.2. The molecule has 0 bridgehead atoms. The number of carbonyl (C=O) groups excluding carboxylic acids is 1. The summed E-state index contributed by atoms with van der Waals surface area (Å²) in [5.74, 6) is -1.000. The smallest absolute Gasteiger partial charge is 0.251 e. The molecule has 1 rings (SSSR count). The number of benzene rings is 1. The third-order valence-corrected chi connectivity index (χ3v) is 2.27. The number of aliphatic hydroxyl groups is 1. The maximum Gasteiger partial charge on any atom is 0.251 e. The number of nitrogens with one attached hydrogen (secondary N) is 1. The van der Waals surface area contributed by atoms with Crippen LogP contribution in [0.3, 0.4) is 0 Å². The van der Waals surface area contributed by atoms with Crippen molar-refractivity contribution >= 4 is 5.91 Å². The molecule has 0 radical (unpaired) electrons. The highest BCUT2D eigenvalue weighted by atomic mass is 19.1. The van der Waals surface area contributed by atoms with Crippen LogP contribution >= 0.6 is 0 Å². The van der Waals surface area contributed by atoms with Gasteiger partial charge in [0.05, 0.1) is 19.8 Å². The van der Waals surface area contributed by atoms with Gasteiger partial charge in [-0.2, -0.15) is 0 Å². The molecule has 0 fully saturated rings. The van der Waals surface area contributed by atoms with Gasteiger partial charge in [-0.1, -0.05) is 0 Å². The quantitative estimate of drug-likeness (QED) is 0.782. The van der Waals surface area contributed by atoms with E-state index in [1.807, 2.05) is 0 Å². The highest BCUT2D eigenvalue weighted by Gasteiger charge is 2.11. The lowest BCUT2D eigenvalue weighted by Gasteiger charge is -2.11. The Morgan fingerprint density at radius 2 is 2.22 bits per heavy atom. The Kier molecular flexibility index (Phi) is 5.54. The van der Waals surface area contributed by atoms with Gasteiger partial charge in [-0.15, -0.1) is 0 Å². The average Bonchev–Trinajstić information content (AvgIpc) is 2.36. The first-order chi connectivity index (χ1) is 8.58. The van der Waals surface area contributed by atoms with E-state index >= 15 is 0 Å². The summed E-state index contributed by atoms with van der Waals surface area (Å²) in [6.45, 7) is 0.164. The molecule has 1 unspecified atom stereocenters. The zero-order valence-electron chi connectivity index (χ0n) is 10.3. The molecule has 1 atom stereocenters. The van der Waals surface area contributed by atoms with Gasteiger partial charge in [0, 0.05) is 19.2 Å². The Morgan fingerprint density at radius 3 is 2.78 bits per heavy atom. The molecule has 0 aliphatic carbocycles. The molecule has 6 heteroatoms. The molecule has 0 heterocycles. The van der Waals surface area contributed by atoms with Gasteiger partial charge in [-0.3, -0.25) is 4.79 Å². The molecular weight excluding hydrogens is 241 g/mol. The number of aliphatic hydroxyl groups excluding tert-OH is 1. The topological polar surface area (TPSA) is 67.8 Å². The predicted molar refractivity (Wildman–Crippen MR) is 63.2 cm³/mol. The fraction of sp³-hybridized carbons (Fsp3) is 0.417. The molecule has 0 saturated heterocycles. The predicted octanol–water partition coefficient (Wildman–Crippen LogP) is 0.571. The lowest BCUT2D eigenvalue weighted by molar-refractivity contribution is 0.0609. The van der Waals surface area contributed by atoms with Crippen LogP contribution in [-0.4, -0.2) is 44.5 Å². The molecule has 0 spiro atoms. The van der Waals surface area contributed by atoms with Gasteiger partial charge >= 0.3 is 0 Å². The first-order valence-corrected chi connectivity index (χ1v) is 5.37. The summed E-state index contributed by atoms with van der Waals surface area (Å²) < 4.78 is 22.8. The first kappa shape index (κ1) is 14.4. The van der Waals surface area contributed by atoms with Crippen LogP contribution in [0.4, 0.5) is 4.39 Å². The fourth-order valence-corrected chi connectivity index (χ4v) is 1.37. The number of hydrogen-bond donors (Lipinski definition) is 2. The van der Waals surface area contributed by atoms with Crippen molar-refractivity contribution < 1.29 is 23.8 Å². The average molecular weight is 257 g/mol. The van der Waals surface area contributed by atoms with Crippen LogP contribution in [-0.2, 0) is 4.74 Å². The minimum absolute atomic E-state index is 0.0420. The molecule has 0 saturated carbocycles. The molecule has 1 aromatic rings. The lowest BCUT2D eigenvalue weighted by Crippen LogP contribution is -2.34. The van der Waals surface area contributed by atoms with Crippen LogP contribution in [0.2, 0.25) is 0 Å². The van der Waals surface area contributed by atoms with E-state index in [0.29, 0.717) is 0 Å². The van der Waals surface area contributed by atoms with Crippen LogP contribution < -0.4 is 10.1 Å². The normalized spacial score (nSPS) is 12.0. The van der Waals surface area contributed by atoms with Crippen molar-refractivity contribution in [3.63, 3.8) is 0 Å². The molecule has 0 aliphatic heterocycles. The van der Waals surface area contributed by atoms with E-state index in [4.69, 9.17) is 9.47 Å². The molecule has 100 valence electrons. The Balaban J connectivity index is 2.59. The number of halogens is 1. The van der Waals surface area contributed by atoms with Crippen LogP contribution in [0.1, 0.15) is 10.4 Å². The standard InChI is InChI=1S/C12H16FNO4/c1-17-7-9(15)6-14-12(16)8-3-4-11(18-2)10(13)5-8/h3-5,9,15H,6-7H2,1-2H3,(H,14,16). The van der Waals surface area contributed by atoms with Crippen molar-refractivity contribution in [2.75, 3.05) is 27.4 Å². The van der Waals surface area contributed by atoms with E-state index in [1.54, 1.807) is 0 Å². The zero-order valence-corrected chi connectivity index (χ0v) is 10.3. The molecule has 2 N–H and O–H groups in total. The minimum Gasteiger partial charge on any atom is -0.494 e. The number of hydrogen-bond acceptors (Lipinski definition) is 4. The second-order valence-electron chi connectivity index (χ2n) is 3.67. The number of rotatable bonds is 6. The van der Waals surface area contributed by atoms with E-state index in [2.05, 4.69) is 5.32 Å². The van der Waals surface area contributed by atoms with Gasteiger partial charge in [0.2, 0.25) is 0 Å². The molecule has 0 aliphatic rings. The van der Waals surface area contributed by atoms with Crippen LogP contribution in [0.15, 0.2) is 18.2 Å². The Morgan fingerprint density at radius 1 is 1.50 bits per heavy atom. The second-order valence-corrected chi connectivity index (χ2v) is 3.67. The summed E-state index contributed by atoms with van der Waals surface area (Å²) in [5, 5.41) is 11.8. The Labute approximate surface area is 105 Å². The number of carbonyl (C=O) groups is 1. The molecule has 0 aromatic heterocycles. The Hall–Kier alpha value is -1.66. The molecule has 1 amide bonds. The molecule has 18 heavy (non-hydrogen) atoms. The summed E-state index contributed by atoms with van der Waals surface area (Å²) in [6.07, 6.45) is -0.790. The third-order valence-electron chi connectivity index (χ3n) is 2.27. The Bertz CT molecular complexity index is 411. The second kappa shape index (κ2) is 6.93. The number of methoxy groups -OCH3 is 2. The van der Waals surface area contributed by atoms with Gasteiger partial charge < -0.3 is 19.9 Å². The van der Waals surface area contributed by atoms with E-state index in [1.165, 1.54) is 26.4 Å². The highest BCUT2D eigenvalue weighted by Crippen LogP contribution is 2.17. The largest absolute Gasteiger partial charge is 0.494 e. The first-order valence-electron chi connectivity index (χ1n) is 5.37. The summed E-state index contributed by atoms with van der Waals surface area (Å²) >= 11 is 0. The van der Waals surface area contributed by atoms with E-state index in [0.717, 1.165) is 6.07 Å². The summed E-state index contributed by atoms with van der Waals surface area (Å²) in [6, 6.07) is 3.90. The zero-order chi connectivity index (χ0) is 13.5. The van der Waals surface area contributed by atoms with Crippen molar-refractivity contribution in [2.45, 2.75) is 6.10 Å².